The van der Waals surface area contributed by atoms with Crippen LogP contribution >= 0.6 is 0 Å². The van der Waals surface area contributed by atoms with Crippen molar-refractivity contribution in [2.75, 3.05) is 20.3 Å². The van der Waals surface area contributed by atoms with E-state index in [4.69, 9.17) is 14.6 Å². The molecule has 1 N–H and O–H groups in total. The molecule has 0 saturated carbocycles. The average Bonchev–Trinajstić information content (AvgIpc) is 3.20. The van der Waals surface area contributed by atoms with Gasteiger partial charge in [-0.25, -0.2) is 9.18 Å². The molecule has 1 heterocycles. The Balaban J connectivity index is 1.86. The second kappa shape index (κ2) is 8.84. The van der Waals surface area contributed by atoms with Crippen LogP contribution in [-0.4, -0.2) is 48.2 Å². The summed E-state index contributed by atoms with van der Waals surface area (Å²) in [4.78, 5) is 25.6. The molecule has 1 fully saturated rings. The molecule has 2 aromatic rings. The molecule has 1 atom stereocenters. The van der Waals surface area contributed by atoms with E-state index in [9.17, 15) is 14.0 Å². The fourth-order valence-corrected chi connectivity index (χ4v) is 3.24. The van der Waals surface area contributed by atoms with Crippen LogP contribution in [0, 0.1) is 5.82 Å². The minimum atomic E-state index is -1.24. The van der Waals surface area contributed by atoms with Crippen molar-refractivity contribution in [3.05, 3.63) is 65.0 Å². The van der Waals surface area contributed by atoms with Crippen LogP contribution in [0.2, 0.25) is 0 Å². The number of methoxy groups -OCH3 is 1. The van der Waals surface area contributed by atoms with Gasteiger partial charge >= 0.3 is 5.97 Å². The molecule has 2 aromatic carbocycles. The highest BCUT2D eigenvalue weighted by molar-refractivity contribution is 5.96. The van der Waals surface area contributed by atoms with Gasteiger partial charge in [-0.2, -0.15) is 0 Å². The fraction of sp³-hybridized carbons (Fsp3) is 0.333. The van der Waals surface area contributed by atoms with Crippen LogP contribution in [0.15, 0.2) is 42.5 Å². The second-order valence-electron chi connectivity index (χ2n) is 6.67. The van der Waals surface area contributed by atoms with Crippen molar-refractivity contribution in [3.8, 4) is 5.75 Å². The number of carboxylic acids is 1. The molecule has 0 radical (unpaired) electrons. The molecule has 1 unspecified atom stereocenters. The second-order valence-corrected chi connectivity index (χ2v) is 6.67. The first-order valence-corrected chi connectivity index (χ1v) is 9.04. The van der Waals surface area contributed by atoms with Crippen LogP contribution in [0.25, 0.3) is 0 Å². The summed E-state index contributed by atoms with van der Waals surface area (Å²) in [5, 5.41) is 8.99. The van der Waals surface area contributed by atoms with Gasteiger partial charge in [0.1, 0.15) is 11.6 Å². The van der Waals surface area contributed by atoms with E-state index in [1.807, 2.05) is 18.2 Å². The molecule has 0 spiro atoms. The van der Waals surface area contributed by atoms with E-state index in [1.165, 1.54) is 17.0 Å². The molecule has 0 aromatic heterocycles. The zero-order chi connectivity index (χ0) is 20.1. The van der Waals surface area contributed by atoms with Crippen LogP contribution in [0.5, 0.6) is 5.75 Å². The zero-order valence-corrected chi connectivity index (χ0v) is 15.6. The first-order valence-electron chi connectivity index (χ1n) is 9.04. The summed E-state index contributed by atoms with van der Waals surface area (Å²) >= 11 is 0. The molecule has 1 aliphatic rings. The summed E-state index contributed by atoms with van der Waals surface area (Å²) in [6.07, 6.45) is 1.66. The molecule has 0 aliphatic carbocycles. The van der Waals surface area contributed by atoms with Crippen molar-refractivity contribution < 1.29 is 28.6 Å². The van der Waals surface area contributed by atoms with Gasteiger partial charge in [0.15, 0.2) is 0 Å². The van der Waals surface area contributed by atoms with Crippen LogP contribution in [-0.2, 0) is 11.3 Å². The van der Waals surface area contributed by atoms with Gasteiger partial charge in [-0.05, 0) is 48.7 Å². The first-order chi connectivity index (χ1) is 13.5. The number of amides is 1. The number of carbonyl (C=O) groups is 2. The van der Waals surface area contributed by atoms with Crippen molar-refractivity contribution in [2.45, 2.75) is 25.5 Å². The predicted molar refractivity (Wildman–Crippen MR) is 100 cm³/mol. The minimum Gasteiger partial charge on any atom is -0.497 e. The van der Waals surface area contributed by atoms with E-state index < -0.39 is 17.7 Å². The predicted octanol–water partition coefficient (Wildman–Crippen LogP) is 3.35. The van der Waals surface area contributed by atoms with Crippen molar-refractivity contribution >= 4 is 11.9 Å². The van der Waals surface area contributed by atoms with Crippen LogP contribution in [0.3, 0.4) is 0 Å². The van der Waals surface area contributed by atoms with E-state index in [1.54, 1.807) is 13.2 Å². The zero-order valence-electron chi connectivity index (χ0n) is 15.6. The lowest BCUT2D eigenvalue weighted by atomic mass is 10.1. The molecular weight excluding hydrogens is 365 g/mol. The Kier molecular flexibility index (Phi) is 6.26. The Hall–Kier alpha value is -2.93. The largest absolute Gasteiger partial charge is 0.497 e. The van der Waals surface area contributed by atoms with E-state index >= 15 is 0 Å². The lowest BCUT2D eigenvalue weighted by Crippen LogP contribution is -2.37. The van der Waals surface area contributed by atoms with E-state index in [0.717, 1.165) is 24.5 Å². The number of carboxylic acid groups (broad SMARTS) is 1. The number of hydrogen-bond donors (Lipinski definition) is 1. The van der Waals surface area contributed by atoms with Gasteiger partial charge in [0.2, 0.25) is 0 Å². The Morgan fingerprint density at radius 1 is 1.29 bits per heavy atom. The van der Waals surface area contributed by atoms with Crippen molar-refractivity contribution in [2.24, 2.45) is 0 Å². The van der Waals surface area contributed by atoms with Crippen molar-refractivity contribution in [3.63, 3.8) is 0 Å². The maximum absolute atomic E-state index is 14.4. The number of hydrogen-bond acceptors (Lipinski definition) is 4. The van der Waals surface area contributed by atoms with E-state index in [-0.39, 0.29) is 23.8 Å². The van der Waals surface area contributed by atoms with Gasteiger partial charge in [-0.15, -0.1) is 0 Å². The normalized spacial score (nSPS) is 16.0. The Labute approximate surface area is 162 Å². The Morgan fingerprint density at radius 2 is 2.11 bits per heavy atom. The molecule has 7 heteroatoms. The third kappa shape index (κ3) is 4.67. The molecule has 1 saturated heterocycles. The van der Waals surface area contributed by atoms with Gasteiger partial charge < -0.3 is 19.5 Å². The molecule has 28 heavy (non-hydrogen) atoms. The number of halogens is 1. The summed E-state index contributed by atoms with van der Waals surface area (Å²) in [5.41, 5.74) is 0.478. The van der Waals surface area contributed by atoms with E-state index in [0.29, 0.717) is 18.9 Å². The molecule has 3 rings (SSSR count). The summed E-state index contributed by atoms with van der Waals surface area (Å²) in [6, 6.07) is 10.6. The van der Waals surface area contributed by atoms with Gasteiger partial charge in [-0.3, -0.25) is 4.79 Å². The molecule has 1 amide bonds. The van der Waals surface area contributed by atoms with Gasteiger partial charge in [0.25, 0.3) is 5.91 Å². The number of nitrogens with zero attached hydrogens (tertiary/aromatic N) is 1. The smallest absolute Gasteiger partial charge is 0.335 e. The number of carbonyl (C=O) groups excluding carboxylic acids is 1. The highest BCUT2D eigenvalue weighted by Crippen LogP contribution is 2.21. The maximum atomic E-state index is 14.4. The molecule has 148 valence electrons. The maximum Gasteiger partial charge on any atom is 0.335 e. The third-order valence-corrected chi connectivity index (χ3v) is 4.69. The van der Waals surface area contributed by atoms with Gasteiger partial charge in [0, 0.05) is 19.7 Å². The fourth-order valence-electron chi connectivity index (χ4n) is 3.24. The number of rotatable bonds is 7. The summed E-state index contributed by atoms with van der Waals surface area (Å²) < 4.78 is 25.3. The first kappa shape index (κ1) is 19.8. The van der Waals surface area contributed by atoms with Crippen LogP contribution in [0.1, 0.15) is 39.1 Å². The number of ether oxygens (including phenoxy) is 2. The number of aromatic carboxylic acids is 1. The molecule has 6 nitrogen and oxygen atoms in total. The topological polar surface area (TPSA) is 76.1 Å². The Morgan fingerprint density at radius 3 is 2.75 bits per heavy atom. The Bertz CT molecular complexity index is 864. The molecule has 0 bridgehead atoms. The lowest BCUT2D eigenvalue weighted by molar-refractivity contribution is 0.0503. The molecular formula is C21H22FNO5. The summed E-state index contributed by atoms with van der Waals surface area (Å²) in [5.74, 6) is -1.94. The summed E-state index contributed by atoms with van der Waals surface area (Å²) in [7, 11) is 1.56. The standard InChI is InChI=1S/C21H22FNO5/c1-27-16-5-2-4-14(10-16)12-23(13-17-6-3-9-28-17)20(24)18-8-7-15(21(25)26)11-19(18)22/h2,4-5,7-8,10-11,17H,3,6,9,12-13H2,1H3,(H,25,26). The molecule has 1 aliphatic heterocycles. The third-order valence-electron chi connectivity index (χ3n) is 4.69. The van der Waals surface area contributed by atoms with Crippen molar-refractivity contribution in [1.29, 1.82) is 0 Å². The van der Waals surface area contributed by atoms with Crippen molar-refractivity contribution in [1.82, 2.24) is 4.90 Å². The van der Waals surface area contributed by atoms with Gasteiger partial charge in [0.05, 0.1) is 24.3 Å². The SMILES string of the molecule is COc1cccc(CN(CC2CCCO2)C(=O)c2ccc(C(=O)O)cc2F)c1. The number of benzene rings is 2. The quantitative estimate of drug-likeness (QED) is 0.789. The monoisotopic (exact) mass is 387 g/mol. The summed E-state index contributed by atoms with van der Waals surface area (Å²) in [6.45, 7) is 1.24. The van der Waals surface area contributed by atoms with E-state index in [2.05, 4.69) is 0 Å². The van der Waals surface area contributed by atoms with Crippen LogP contribution < -0.4 is 4.74 Å². The average molecular weight is 387 g/mol. The minimum absolute atomic E-state index is 0.101. The van der Waals surface area contributed by atoms with Gasteiger partial charge in [-0.1, -0.05) is 12.1 Å². The highest BCUT2D eigenvalue weighted by atomic mass is 19.1. The highest BCUT2D eigenvalue weighted by Gasteiger charge is 2.26. The lowest BCUT2D eigenvalue weighted by Gasteiger charge is -2.26. The van der Waals surface area contributed by atoms with Crippen LogP contribution in [0.4, 0.5) is 4.39 Å².